The molecule has 0 amide bonds. The van der Waals surface area contributed by atoms with Gasteiger partial charge in [0.2, 0.25) is 0 Å². The van der Waals surface area contributed by atoms with Crippen LogP contribution in [0, 0.1) is 13.8 Å². The molecule has 0 heterocycles. The van der Waals surface area contributed by atoms with Gasteiger partial charge < -0.3 is 5.11 Å². The Morgan fingerprint density at radius 1 is 1.06 bits per heavy atom. The Kier molecular flexibility index (Phi) is 3.47. The third-order valence-electron chi connectivity index (χ3n) is 3.10. The number of carboxylic acids is 1. The molecule has 1 N–H and O–H groups in total. The van der Waals surface area contributed by atoms with Gasteiger partial charge in [0.1, 0.15) is 0 Å². The van der Waals surface area contributed by atoms with Crippen molar-refractivity contribution < 1.29 is 9.90 Å². The molecular weight excluding hydrogens is 224 g/mol. The van der Waals surface area contributed by atoms with E-state index in [-0.39, 0.29) is 0 Å². The fourth-order valence-electron chi connectivity index (χ4n) is 1.98. The van der Waals surface area contributed by atoms with E-state index in [1.165, 1.54) is 16.7 Å². The normalized spacial score (nSPS) is 10.3. The lowest BCUT2D eigenvalue weighted by atomic mass is 9.98. The van der Waals surface area contributed by atoms with E-state index in [0.717, 1.165) is 12.0 Å². The summed E-state index contributed by atoms with van der Waals surface area (Å²) in [6.45, 7) is 4.18. The highest BCUT2D eigenvalue weighted by Gasteiger charge is 2.04. The van der Waals surface area contributed by atoms with Crippen molar-refractivity contribution in [2.24, 2.45) is 0 Å². The van der Waals surface area contributed by atoms with Crippen LogP contribution >= 0.6 is 0 Å². The third kappa shape index (κ3) is 2.77. The molecule has 2 nitrogen and oxygen atoms in total. The zero-order chi connectivity index (χ0) is 13.1. The van der Waals surface area contributed by atoms with Crippen LogP contribution in [0.4, 0.5) is 0 Å². The first-order valence-corrected chi connectivity index (χ1v) is 5.94. The Bertz CT molecular complexity index is 568. The molecule has 0 aliphatic carbocycles. The lowest BCUT2D eigenvalue weighted by Gasteiger charge is -2.07. The van der Waals surface area contributed by atoms with Gasteiger partial charge in [-0.2, -0.15) is 0 Å². The van der Waals surface area contributed by atoms with E-state index >= 15 is 0 Å². The first kappa shape index (κ1) is 12.4. The fraction of sp³-hybridized carbons (Fsp3) is 0.188. The largest absolute Gasteiger partial charge is 0.478 e. The molecule has 2 rings (SSSR count). The van der Waals surface area contributed by atoms with E-state index < -0.39 is 5.97 Å². The molecule has 0 fully saturated rings. The van der Waals surface area contributed by atoms with E-state index in [4.69, 9.17) is 5.11 Å². The summed E-state index contributed by atoms with van der Waals surface area (Å²) < 4.78 is 0. The van der Waals surface area contributed by atoms with Gasteiger partial charge in [0.15, 0.2) is 0 Å². The van der Waals surface area contributed by atoms with Crippen LogP contribution in [0.3, 0.4) is 0 Å². The van der Waals surface area contributed by atoms with Gasteiger partial charge in [0, 0.05) is 0 Å². The average molecular weight is 240 g/mol. The van der Waals surface area contributed by atoms with Gasteiger partial charge in [-0.05, 0) is 49.1 Å². The van der Waals surface area contributed by atoms with Gasteiger partial charge in [0.05, 0.1) is 5.56 Å². The third-order valence-corrected chi connectivity index (χ3v) is 3.10. The molecule has 0 radical (unpaired) electrons. The number of aromatic carboxylic acids is 1. The summed E-state index contributed by atoms with van der Waals surface area (Å²) >= 11 is 0. The van der Waals surface area contributed by atoms with Crippen LogP contribution in [0.25, 0.3) is 0 Å². The SMILES string of the molecule is Cc1ccc(C)c(Cc2ccc(C(=O)O)cc2)c1. The highest BCUT2D eigenvalue weighted by Crippen LogP contribution is 2.16. The van der Waals surface area contributed by atoms with Crippen LogP contribution in [0.1, 0.15) is 32.6 Å². The highest BCUT2D eigenvalue weighted by atomic mass is 16.4. The fourth-order valence-corrected chi connectivity index (χ4v) is 1.98. The summed E-state index contributed by atoms with van der Waals surface area (Å²) in [5.41, 5.74) is 5.27. The van der Waals surface area contributed by atoms with Crippen LogP contribution in [0.2, 0.25) is 0 Å². The number of hydrogen-bond acceptors (Lipinski definition) is 1. The lowest BCUT2D eigenvalue weighted by Crippen LogP contribution is -1.97. The zero-order valence-electron chi connectivity index (χ0n) is 10.6. The van der Waals surface area contributed by atoms with Gasteiger partial charge in [0.25, 0.3) is 0 Å². The molecule has 0 unspecified atom stereocenters. The van der Waals surface area contributed by atoms with Crippen LogP contribution in [-0.4, -0.2) is 11.1 Å². The molecule has 0 atom stereocenters. The molecule has 0 aliphatic heterocycles. The van der Waals surface area contributed by atoms with Crippen molar-refractivity contribution >= 4 is 5.97 Å². The molecule has 0 saturated carbocycles. The smallest absolute Gasteiger partial charge is 0.335 e. The maximum Gasteiger partial charge on any atom is 0.335 e. The summed E-state index contributed by atoms with van der Waals surface area (Å²) in [4.78, 5) is 10.8. The first-order chi connectivity index (χ1) is 8.56. The quantitative estimate of drug-likeness (QED) is 0.890. The van der Waals surface area contributed by atoms with Crippen molar-refractivity contribution in [2.75, 3.05) is 0 Å². The number of carbonyl (C=O) groups is 1. The lowest BCUT2D eigenvalue weighted by molar-refractivity contribution is 0.0697. The second-order valence-corrected chi connectivity index (χ2v) is 4.61. The van der Waals surface area contributed by atoms with Gasteiger partial charge in [-0.15, -0.1) is 0 Å². The van der Waals surface area contributed by atoms with Gasteiger partial charge in [-0.1, -0.05) is 35.9 Å². The van der Waals surface area contributed by atoms with E-state index in [2.05, 4.69) is 32.0 Å². The summed E-state index contributed by atoms with van der Waals surface area (Å²) in [6, 6.07) is 13.5. The Balaban J connectivity index is 2.23. The molecule has 92 valence electrons. The van der Waals surface area contributed by atoms with Gasteiger partial charge in [-0.25, -0.2) is 4.79 Å². The summed E-state index contributed by atoms with van der Waals surface area (Å²) in [5, 5.41) is 8.85. The summed E-state index contributed by atoms with van der Waals surface area (Å²) in [7, 11) is 0. The molecule has 0 aromatic heterocycles. The molecule has 18 heavy (non-hydrogen) atoms. The molecule has 0 bridgehead atoms. The van der Waals surface area contributed by atoms with Crippen molar-refractivity contribution in [1.82, 2.24) is 0 Å². The molecule has 0 spiro atoms. The Morgan fingerprint density at radius 3 is 2.33 bits per heavy atom. The van der Waals surface area contributed by atoms with E-state index in [1.54, 1.807) is 12.1 Å². The topological polar surface area (TPSA) is 37.3 Å². The van der Waals surface area contributed by atoms with Crippen LogP contribution < -0.4 is 0 Å². The molecule has 2 aromatic rings. The standard InChI is InChI=1S/C16H16O2/c1-11-3-4-12(2)15(9-11)10-13-5-7-14(8-6-13)16(17)18/h3-9H,10H2,1-2H3,(H,17,18). The highest BCUT2D eigenvalue weighted by molar-refractivity contribution is 5.87. The number of aryl methyl sites for hydroxylation is 2. The summed E-state index contributed by atoms with van der Waals surface area (Å²) in [6.07, 6.45) is 0.841. The van der Waals surface area contributed by atoms with Crippen LogP contribution in [0.5, 0.6) is 0 Å². The van der Waals surface area contributed by atoms with Crippen LogP contribution in [-0.2, 0) is 6.42 Å². The van der Waals surface area contributed by atoms with E-state index in [1.807, 2.05) is 12.1 Å². The Morgan fingerprint density at radius 2 is 1.72 bits per heavy atom. The minimum atomic E-state index is -0.881. The van der Waals surface area contributed by atoms with Crippen molar-refractivity contribution in [3.05, 3.63) is 70.3 Å². The van der Waals surface area contributed by atoms with Crippen molar-refractivity contribution in [2.45, 2.75) is 20.3 Å². The summed E-state index contributed by atoms with van der Waals surface area (Å²) in [5.74, 6) is -0.881. The molecule has 2 heteroatoms. The second kappa shape index (κ2) is 5.05. The number of carboxylic acid groups (broad SMARTS) is 1. The van der Waals surface area contributed by atoms with Crippen LogP contribution in [0.15, 0.2) is 42.5 Å². The number of rotatable bonds is 3. The van der Waals surface area contributed by atoms with E-state index in [9.17, 15) is 4.79 Å². The monoisotopic (exact) mass is 240 g/mol. The molecule has 0 saturated heterocycles. The van der Waals surface area contributed by atoms with E-state index in [0.29, 0.717) is 5.56 Å². The van der Waals surface area contributed by atoms with Gasteiger partial charge >= 0.3 is 5.97 Å². The minimum Gasteiger partial charge on any atom is -0.478 e. The molecule has 2 aromatic carbocycles. The first-order valence-electron chi connectivity index (χ1n) is 5.94. The minimum absolute atomic E-state index is 0.333. The Labute approximate surface area is 107 Å². The number of hydrogen-bond donors (Lipinski definition) is 1. The molecule has 0 aliphatic rings. The maximum atomic E-state index is 10.8. The Hall–Kier alpha value is -2.09. The number of benzene rings is 2. The molecular formula is C16H16O2. The average Bonchev–Trinajstić information content (AvgIpc) is 2.34. The second-order valence-electron chi connectivity index (χ2n) is 4.61. The zero-order valence-corrected chi connectivity index (χ0v) is 10.6. The van der Waals surface area contributed by atoms with Crippen molar-refractivity contribution in [3.63, 3.8) is 0 Å². The predicted octanol–water partition coefficient (Wildman–Crippen LogP) is 3.59. The van der Waals surface area contributed by atoms with Crippen molar-refractivity contribution in [3.8, 4) is 0 Å². The maximum absolute atomic E-state index is 10.8. The predicted molar refractivity (Wildman–Crippen MR) is 72.1 cm³/mol. The van der Waals surface area contributed by atoms with Gasteiger partial charge in [-0.3, -0.25) is 0 Å². The van der Waals surface area contributed by atoms with Crippen molar-refractivity contribution in [1.29, 1.82) is 0 Å².